The number of thiazole rings is 1. The molecule has 1 aromatic carbocycles. The van der Waals surface area contributed by atoms with Crippen molar-refractivity contribution in [2.45, 2.75) is 13.0 Å². The maximum Gasteiger partial charge on any atom is 0.281 e. The third kappa shape index (κ3) is 4.33. The van der Waals surface area contributed by atoms with Crippen LogP contribution in [-0.2, 0) is 6.54 Å². The summed E-state index contributed by atoms with van der Waals surface area (Å²) in [5.74, 6) is 0.995. The molecule has 4 heterocycles. The van der Waals surface area contributed by atoms with E-state index in [2.05, 4.69) is 20.3 Å². The molecule has 5 rings (SSSR count). The van der Waals surface area contributed by atoms with E-state index in [-0.39, 0.29) is 18.6 Å². The Bertz CT molecular complexity index is 1360. The van der Waals surface area contributed by atoms with Gasteiger partial charge in [0, 0.05) is 26.2 Å². The molecule has 13 heteroatoms. The van der Waals surface area contributed by atoms with Crippen LogP contribution in [0.3, 0.4) is 0 Å². The van der Waals surface area contributed by atoms with Gasteiger partial charge in [-0.05, 0) is 12.1 Å². The number of anilines is 1. The van der Waals surface area contributed by atoms with E-state index in [9.17, 15) is 13.6 Å². The number of benzene rings is 1. The van der Waals surface area contributed by atoms with Crippen LogP contribution in [0.4, 0.5) is 14.6 Å². The highest BCUT2D eigenvalue weighted by molar-refractivity contribution is 7.16. The van der Waals surface area contributed by atoms with Crippen molar-refractivity contribution in [3.8, 4) is 0 Å². The number of rotatable bonds is 6. The Morgan fingerprint density at radius 1 is 1.15 bits per heavy atom. The van der Waals surface area contributed by atoms with E-state index < -0.39 is 6.43 Å². The molecule has 0 aliphatic carbocycles. The number of aromatic nitrogens is 5. The SMILES string of the molecule is O=c1c2c(Cl)cccc2nc(CNc2ncnc3scnc23)n1N1CCN(CC(F)F)CC1. The van der Waals surface area contributed by atoms with Gasteiger partial charge in [-0.2, -0.15) is 0 Å². The minimum atomic E-state index is -2.39. The molecule has 3 aromatic heterocycles. The molecule has 1 fully saturated rings. The van der Waals surface area contributed by atoms with Gasteiger partial charge < -0.3 is 10.3 Å². The summed E-state index contributed by atoms with van der Waals surface area (Å²) in [6.45, 7) is 1.54. The fourth-order valence-electron chi connectivity index (χ4n) is 3.93. The van der Waals surface area contributed by atoms with Crippen molar-refractivity contribution in [2.24, 2.45) is 0 Å². The van der Waals surface area contributed by atoms with E-state index in [1.807, 2.05) is 5.01 Å². The second kappa shape index (κ2) is 9.12. The van der Waals surface area contributed by atoms with Gasteiger partial charge in [0.05, 0.1) is 34.5 Å². The number of piperazine rings is 1. The second-order valence-electron chi connectivity index (χ2n) is 7.51. The molecule has 0 unspecified atom stereocenters. The lowest BCUT2D eigenvalue weighted by Gasteiger charge is -2.37. The van der Waals surface area contributed by atoms with Crippen LogP contribution in [0, 0.1) is 0 Å². The van der Waals surface area contributed by atoms with Crippen molar-refractivity contribution in [2.75, 3.05) is 43.0 Å². The molecule has 4 aromatic rings. The van der Waals surface area contributed by atoms with Gasteiger partial charge in [-0.25, -0.2) is 33.4 Å². The molecule has 33 heavy (non-hydrogen) atoms. The monoisotopic (exact) mass is 492 g/mol. The Balaban J connectivity index is 1.50. The highest BCUT2D eigenvalue weighted by atomic mass is 35.5. The molecular weight excluding hydrogens is 474 g/mol. The zero-order chi connectivity index (χ0) is 22.9. The molecule has 0 amide bonds. The van der Waals surface area contributed by atoms with Crippen LogP contribution in [0.5, 0.6) is 0 Å². The van der Waals surface area contributed by atoms with Gasteiger partial charge in [0.2, 0.25) is 0 Å². The Morgan fingerprint density at radius 2 is 1.97 bits per heavy atom. The van der Waals surface area contributed by atoms with Crippen molar-refractivity contribution in [1.29, 1.82) is 0 Å². The van der Waals surface area contributed by atoms with Gasteiger partial charge >= 0.3 is 0 Å². The minimum Gasteiger partial charge on any atom is -0.361 e. The van der Waals surface area contributed by atoms with Gasteiger partial charge in [-0.1, -0.05) is 17.7 Å². The second-order valence-corrected chi connectivity index (χ2v) is 8.75. The van der Waals surface area contributed by atoms with E-state index in [0.717, 1.165) is 4.83 Å². The van der Waals surface area contributed by atoms with Crippen LogP contribution >= 0.6 is 22.9 Å². The first-order valence-electron chi connectivity index (χ1n) is 10.2. The molecule has 1 aliphatic heterocycles. The van der Waals surface area contributed by atoms with Crippen molar-refractivity contribution in [3.05, 3.63) is 51.2 Å². The summed E-state index contributed by atoms with van der Waals surface area (Å²) in [4.78, 5) is 33.4. The zero-order valence-corrected chi connectivity index (χ0v) is 18.9. The summed E-state index contributed by atoms with van der Waals surface area (Å²) in [7, 11) is 0. The molecule has 9 nitrogen and oxygen atoms in total. The quantitative estimate of drug-likeness (QED) is 0.439. The smallest absolute Gasteiger partial charge is 0.281 e. The highest BCUT2D eigenvalue weighted by Gasteiger charge is 2.24. The zero-order valence-electron chi connectivity index (χ0n) is 17.3. The summed E-state index contributed by atoms with van der Waals surface area (Å²) in [5.41, 5.74) is 2.51. The molecule has 0 saturated carbocycles. The number of nitrogens with zero attached hydrogens (tertiary/aromatic N) is 7. The molecule has 1 aliphatic rings. The number of alkyl halides is 2. The first-order valence-corrected chi connectivity index (χ1v) is 11.5. The van der Waals surface area contributed by atoms with Crippen LogP contribution in [0.15, 0.2) is 34.8 Å². The predicted molar refractivity (Wildman–Crippen MR) is 124 cm³/mol. The Kier molecular flexibility index (Phi) is 6.04. The molecule has 0 spiro atoms. The number of hydrogen-bond donors (Lipinski definition) is 1. The fraction of sp³-hybridized carbons (Fsp3) is 0.350. The summed E-state index contributed by atoms with van der Waals surface area (Å²) in [5, 5.41) is 5.68. The molecular formula is C20H19ClF2N8OS. The van der Waals surface area contributed by atoms with E-state index in [1.54, 1.807) is 28.6 Å². The minimum absolute atomic E-state index is 0.193. The maximum absolute atomic E-state index is 13.5. The summed E-state index contributed by atoms with van der Waals surface area (Å²) >= 11 is 7.73. The third-order valence-corrected chi connectivity index (χ3v) is 6.52. The van der Waals surface area contributed by atoms with E-state index >= 15 is 0 Å². The van der Waals surface area contributed by atoms with Crippen molar-refractivity contribution in [3.63, 3.8) is 0 Å². The highest BCUT2D eigenvalue weighted by Crippen LogP contribution is 2.22. The molecule has 0 atom stereocenters. The van der Waals surface area contributed by atoms with Crippen LogP contribution in [-0.4, -0.2) is 68.7 Å². The molecule has 172 valence electrons. The van der Waals surface area contributed by atoms with Gasteiger partial charge in [-0.15, -0.1) is 11.3 Å². The Hall–Kier alpha value is -2.96. The predicted octanol–water partition coefficient (Wildman–Crippen LogP) is 2.58. The van der Waals surface area contributed by atoms with E-state index in [1.165, 1.54) is 22.3 Å². The molecule has 1 N–H and O–H groups in total. The Labute approximate surface area is 195 Å². The first-order chi connectivity index (χ1) is 16.0. The third-order valence-electron chi connectivity index (χ3n) is 5.47. The number of halogens is 3. The normalized spacial score (nSPS) is 15.1. The van der Waals surface area contributed by atoms with Crippen LogP contribution in [0.25, 0.3) is 21.3 Å². The molecule has 1 saturated heterocycles. The summed E-state index contributed by atoms with van der Waals surface area (Å²) in [6, 6.07) is 5.13. The average Bonchev–Trinajstić information content (AvgIpc) is 3.28. The van der Waals surface area contributed by atoms with Crippen LogP contribution in [0.1, 0.15) is 5.82 Å². The van der Waals surface area contributed by atoms with Gasteiger partial charge in [0.1, 0.15) is 16.7 Å². The van der Waals surface area contributed by atoms with Crippen LogP contribution < -0.4 is 15.9 Å². The lowest BCUT2D eigenvalue weighted by molar-refractivity contribution is 0.0825. The molecule has 0 bridgehead atoms. The maximum atomic E-state index is 13.5. The van der Waals surface area contributed by atoms with Crippen molar-refractivity contribution >= 4 is 50.0 Å². The standard InChI is InChI=1S/C20H19ClF2N8OS/c21-12-2-1-3-13-16(12)20(32)31(30-6-4-29(5-7-30)9-14(22)23)15(28-13)8-24-18-17-19(26-10-25-18)33-11-27-17/h1-3,10-11,14H,4-9H2,(H,24,25,26). The first kappa shape index (κ1) is 21.9. The fourth-order valence-corrected chi connectivity index (χ4v) is 4.81. The summed E-state index contributed by atoms with van der Waals surface area (Å²) < 4.78 is 27.1. The van der Waals surface area contributed by atoms with E-state index in [0.29, 0.717) is 59.3 Å². The van der Waals surface area contributed by atoms with Crippen molar-refractivity contribution in [1.82, 2.24) is 29.5 Å². The molecule has 0 radical (unpaired) electrons. The Morgan fingerprint density at radius 3 is 2.76 bits per heavy atom. The lowest BCUT2D eigenvalue weighted by Crippen LogP contribution is -2.55. The lowest BCUT2D eigenvalue weighted by atomic mass is 10.2. The van der Waals surface area contributed by atoms with Gasteiger partial charge in [0.25, 0.3) is 12.0 Å². The largest absolute Gasteiger partial charge is 0.361 e. The number of hydrogen-bond acceptors (Lipinski definition) is 9. The number of nitrogens with one attached hydrogen (secondary N) is 1. The van der Waals surface area contributed by atoms with Gasteiger partial charge in [-0.3, -0.25) is 9.69 Å². The number of fused-ring (bicyclic) bond motifs is 2. The van der Waals surface area contributed by atoms with E-state index in [4.69, 9.17) is 16.6 Å². The average molecular weight is 493 g/mol. The summed E-state index contributed by atoms with van der Waals surface area (Å²) in [6.07, 6.45) is -0.943. The topological polar surface area (TPSA) is 92.1 Å². The van der Waals surface area contributed by atoms with Gasteiger partial charge in [0.15, 0.2) is 11.6 Å². The van der Waals surface area contributed by atoms with Crippen LogP contribution in [0.2, 0.25) is 5.02 Å². The van der Waals surface area contributed by atoms with Crippen molar-refractivity contribution < 1.29 is 8.78 Å².